The van der Waals surface area contributed by atoms with Crippen LogP contribution in [-0.2, 0) is 10.0 Å². The van der Waals surface area contributed by atoms with Gasteiger partial charge < -0.3 is 10.5 Å². The predicted octanol–water partition coefficient (Wildman–Crippen LogP) is 2.05. The molecule has 1 saturated carbocycles. The summed E-state index contributed by atoms with van der Waals surface area (Å²) in [6.45, 7) is 0. The van der Waals surface area contributed by atoms with E-state index < -0.39 is 15.3 Å². The molecule has 2 rings (SSSR count). The Balaban J connectivity index is 2.35. The molecule has 0 spiro atoms. The quantitative estimate of drug-likeness (QED) is 0.571. The van der Waals surface area contributed by atoms with Crippen LogP contribution in [0.3, 0.4) is 0 Å². The van der Waals surface area contributed by atoms with Crippen LogP contribution in [0.4, 0.5) is 5.69 Å². The van der Waals surface area contributed by atoms with Crippen molar-refractivity contribution in [2.75, 3.05) is 11.8 Å². The maximum absolute atomic E-state index is 12.5. The van der Waals surface area contributed by atoms with Gasteiger partial charge in [0, 0.05) is 5.56 Å². The molecule has 0 heterocycles. The van der Waals surface area contributed by atoms with Crippen LogP contribution in [0.15, 0.2) is 18.2 Å². The van der Waals surface area contributed by atoms with Crippen LogP contribution in [-0.4, -0.2) is 26.6 Å². The van der Waals surface area contributed by atoms with Crippen LogP contribution >= 0.6 is 0 Å². The smallest absolute Gasteiger partial charge is 0.235 e. The van der Waals surface area contributed by atoms with Gasteiger partial charge in [0.15, 0.2) is 0 Å². The lowest BCUT2D eigenvalue weighted by Gasteiger charge is -2.24. The van der Waals surface area contributed by atoms with E-state index in [0.717, 1.165) is 19.3 Å². The van der Waals surface area contributed by atoms with Crippen LogP contribution in [0, 0.1) is 5.41 Å². The third kappa shape index (κ3) is 3.47. The number of methoxy groups -OCH3 is 1. The molecular formula is C14H21N3O3S. The van der Waals surface area contributed by atoms with E-state index in [1.54, 1.807) is 18.2 Å². The van der Waals surface area contributed by atoms with Crippen molar-refractivity contribution in [3.05, 3.63) is 23.8 Å². The van der Waals surface area contributed by atoms with E-state index in [2.05, 4.69) is 4.72 Å². The van der Waals surface area contributed by atoms with Crippen LogP contribution in [0.5, 0.6) is 5.75 Å². The van der Waals surface area contributed by atoms with Crippen molar-refractivity contribution in [3.63, 3.8) is 0 Å². The van der Waals surface area contributed by atoms with Gasteiger partial charge in [0.1, 0.15) is 17.3 Å². The van der Waals surface area contributed by atoms with Crippen molar-refractivity contribution in [3.8, 4) is 5.75 Å². The summed E-state index contributed by atoms with van der Waals surface area (Å²) in [4.78, 5) is 0. The van der Waals surface area contributed by atoms with Crippen molar-refractivity contribution in [2.45, 2.75) is 37.4 Å². The molecule has 0 aliphatic heterocycles. The number of hydrogen-bond donors (Lipinski definition) is 3. The first kappa shape index (κ1) is 15.6. The van der Waals surface area contributed by atoms with E-state index in [-0.39, 0.29) is 11.5 Å². The number of anilines is 1. The molecule has 1 aromatic carbocycles. The van der Waals surface area contributed by atoms with E-state index in [1.807, 2.05) is 0 Å². The molecule has 0 amide bonds. The largest absolute Gasteiger partial charge is 0.495 e. The van der Waals surface area contributed by atoms with Crippen molar-refractivity contribution >= 4 is 21.5 Å². The number of nitrogens with two attached hydrogens (primary N) is 1. The first-order valence-electron chi connectivity index (χ1n) is 6.98. The predicted molar refractivity (Wildman–Crippen MR) is 83.4 cm³/mol. The maximum atomic E-state index is 12.5. The fourth-order valence-corrected chi connectivity index (χ4v) is 4.25. The minimum atomic E-state index is -3.51. The Kier molecular flexibility index (Phi) is 4.72. The molecule has 7 heteroatoms. The third-order valence-electron chi connectivity index (χ3n) is 3.77. The summed E-state index contributed by atoms with van der Waals surface area (Å²) < 4.78 is 32.8. The normalized spacial score (nSPS) is 16.4. The Morgan fingerprint density at radius 2 is 2.00 bits per heavy atom. The van der Waals surface area contributed by atoms with E-state index in [1.165, 1.54) is 7.11 Å². The van der Waals surface area contributed by atoms with Crippen LogP contribution in [0.1, 0.15) is 37.7 Å². The first-order valence-corrected chi connectivity index (χ1v) is 8.53. The molecule has 1 aliphatic rings. The lowest BCUT2D eigenvalue weighted by molar-refractivity contribution is 0.416. The SMILES string of the molecule is COc1cccc(C(=N)N)c1NS(=O)(=O)C1CCCCC1. The first-order chi connectivity index (χ1) is 9.95. The Bertz CT molecular complexity index is 622. The number of ether oxygens (including phenoxy) is 1. The van der Waals surface area contributed by atoms with Crippen LogP contribution in [0.2, 0.25) is 0 Å². The topological polar surface area (TPSA) is 105 Å². The van der Waals surface area contributed by atoms with Crippen molar-refractivity contribution in [1.29, 1.82) is 5.41 Å². The molecule has 0 atom stereocenters. The summed E-state index contributed by atoms with van der Waals surface area (Å²) in [5.41, 5.74) is 6.10. The Morgan fingerprint density at radius 3 is 2.57 bits per heavy atom. The summed E-state index contributed by atoms with van der Waals surface area (Å²) in [6.07, 6.45) is 4.27. The number of nitrogens with one attached hydrogen (secondary N) is 2. The number of benzene rings is 1. The Morgan fingerprint density at radius 1 is 1.33 bits per heavy atom. The van der Waals surface area contributed by atoms with Gasteiger partial charge in [0.2, 0.25) is 10.0 Å². The van der Waals surface area contributed by atoms with E-state index in [9.17, 15) is 8.42 Å². The van der Waals surface area contributed by atoms with Gasteiger partial charge in [-0.3, -0.25) is 10.1 Å². The second-order valence-corrected chi connectivity index (χ2v) is 7.16. The molecule has 0 radical (unpaired) electrons. The number of para-hydroxylation sites is 1. The monoisotopic (exact) mass is 311 g/mol. The number of sulfonamides is 1. The van der Waals surface area contributed by atoms with Gasteiger partial charge in [-0.1, -0.05) is 25.3 Å². The van der Waals surface area contributed by atoms with Gasteiger partial charge in [-0.05, 0) is 25.0 Å². The van der Waals surface area contributed by atoms with E-state index >= 15 is 0 Å². The second kappa shape index (κ2) is 6.34. The minimum absolute atomic E-state index is 0.199. The summed E-state index contributed by atoms with van der Waals surface area (Å²) in [7, 11) is -2.05. The zero-order valence-electron chi connectivity index (χ0n) is 12.1. The molecule has 0 aromatic heterocycles. The van der Waals surface area contributed by atoms with Gasteiger partial charge >= 0.3 is 0 Å². The molecule has 0 unspecified atom stereocenters. The van der Waals surface area contributed by atoms with E-state index in [0.29, 0.717) is 24.2 Å². The average Bonchev–Trinajstić information content (AvgIpc) is 2.47. The second-order valence-electron chi connectivity index (χ2n) is 5.20. The molecule has 1 aromatic rings. The highest BCUT2D eigenvalue weighted by atomic mass is 32.2. The molecule has 4 N–H and O–H groups in total. The van der Waals surface area contributed by atoms with Crippen LogP contribution < -0.4 is 15.2 Å². The summed E-state index contributed by atoms with van der Waals surface area (Å²) in [5.74, 6) is 0.164. The highest BCUT2D eigenvalue weighted by Gasteiger charge is 2.29. The lowest BCUT2D eigenvalue weighted by Crippen LogP contribution is -2.30. The molecule has 1 aliphatic carbocycles. The van der Waals surface area contributed by atoms with Crippen molar-refractivity contribution in [2.24, 2.45) is 5.73 Å². The van der Waals surface area contributed by atoms with Crippen LogP contribution in [0.25, 0.3) is 0 Å². The van der Waals surface area contributed by atoms with E-state index in [4.69, 9.17) is 15.9 Å². The number of rotatable bonds is 5. The third-order valence-corrected chi connectivity index (χ3v) is 5.61. The fourth-order valence-electron chi connectivity index (χ4n) is 2.63. The maximum Gasteiger partial charge on any atom is 0.235 e. The van der Waals surface area contributed by atoms with Gasteiger partial charge in [-0.25, -0.2) is 8.42 Å². The molecule has 6 nitrogen and oxygen atoms in total. The molecule has 0 saturated heterocycles. The molecular weight excluding hydrogens is 290 g/mol. The average molecular weight is 311 g/mol. The van der Waals surface area contributed by atoms with Gasteiger partial charge in [0.25, 0.3) is 0 Å². The fraction of sp³-hybridized carbons (Fsp3) is 0.500. The minimum Gasteiger partial charge on any atom is -0.495 e. The van der Waals surface area contributed by atoms with Crippen molar-refractivity contribution in [1.82, 2.24) is 0 Å². The van der Waals surface area contributed by atoms with Gasteiger partial charge in [-0.15, -0.1) is 0 Å². The zero-order chi connectivity index (χ0) is 15.5. The van der Waals surface area contributed by atoms with Crippen molar-refractivity contribution < 1.29 is 13.2 Å². The molecule has 1 fully saturated rings. The van der Waals surface area contributed by atoms with Gasteiger partial charge in [0.05, 0.1) is 12.4 Å². The Hall–Kier alpha value is -1.76. The highest BCUT2D eigenvalue weighted by Crippen LogP contribution is 2.32. The highest BCUT2D eigenvalue weighted by molar-refractivity contribution is 7.93. The zero-order valence-corrected chi connectivity index (χ0v) is 12.9. The summed E-state index contributed by atoms with van der Waals surface area (Å²) in [5, 5.41) is 7.20. The number of hydrogen-bond acceptors (Lipinski definition) is 4. The number of nitrogen functional groups attached to an aromatic ring is 1. The lowest BCUT2D eigenvalue weighted by atomic mass is 10.0. The molecule has 21 heavy (non-hydrogen) atoms. The standard InChI is InChI=1S/C14H21N3O3S/c1-20-12-9-5-8-11(14(15)16)13(12)17-21(18,19)10-6-3-2-4-7-10/h5,8-10,17H,2-4,6-7H2,1H3,(H3,15,16). The summed E-state index contributed by atoms with van der Waals surface area (Å²) in [6, 6.07) is 4.92. The summed E-state index contributed by atoms with van der Waals surface area (Å²) >= 11 is 0. The Labute approximate surface area is 125 Å². The van der Waals surface area contributed by atoms with Gasteiger partial charge in [-0.2, -0.15) is 0 Å². The number of amidine groups is 1. The molecule has 116 valence electrons. The molecule has 0 bridgehead atoms.